The fourth-order valence-electron chi connectivity index (χ4n) is 1.86. The maximum atomic E-state index is 5.71. The monoisotopic (exact) mass is 262 g/mol. The third-order valence-corrected chi connectivity index (χ3v) is 2.87. The highest BCUT2D eigenvalue weighted by molar-refractivity contribution is 6.28. The Morgan fingerprint density at radius 3 is 2.61 bits per heavy atom. The van der Waals surface area contributed by atoms with Gasteiger partial charge in [-0.3, -0.25) is 0 Å². The molecule has 0 fully saturated rings. The molecular weight excluding hydrogens is 248 g/mol. The molecule has 18 heavy (non-hydrogen) atoms. The Labute approximate surface area is 112 Å². The van der Waals surface area contributed by atoms with Gasteiger partial charge in [0.2, 0.25) is 11.2 Å². The van der Waals surface area contributed by atoms with E-state index in [9.17, 15) is 0 Å². The number of benzene rings is 1. The summed E-state index contributed by atoms with van der Waals surface area (Å²) in [6.45, 7) is 6.43. The summed E-state index contributed by atoms with van der Waals surface area (Å²) < 4.78 is 5.64. The van der Waals surface area contributed by atoms with E-state index < -0.39 is 0 Å². The van der Waals surface area contributed by atoms with Crippen molar-refractivity contribution in [1.29, 1.82) is 0 Å². The molecule has 0 saturated heterocycles. The molecule has 0 saturated carbocycles. The van der Waals surface area contributed by atoms with E-state index >= 15 is 0 Å². The van der Waals surface area contributed by atoms with Gasteiger partial charge in [0.15, 0.2) is 0 Å². The standard InChI is InChI=1S/C14H15ClN2O/c1-9(2)12-5-4-11(8-10(12)3)18-13-6-7-16-14(15)17-13/h4-9H,1-3H3. The highest BCUT2D eigenvalue weighted by Crippen LogP contribution is 2.26. The topological polar surface area (TPSA) is 35.0 Å². The SMILES string of the molecule is Cc1cc(Oc2ccnc(Cl)n2)ccc1C(C)C. The van der Waals surface area contributed by atoms with Crippen molar-refractivity contribution >= 4 is 11.6 Å². The van der Waals surface area contributed by atoms with Crippen LogP contribution < -0.4 is 4.74 Å². The minimum absolute atomic E-state index is 0.183. The third kappa shape index (κ3) is 2.99. The van der Waals surface area contributed by atoms with Gasteiger partial charge in [-0.05, 0) is 47.7 Å². The Hall–Kier alpha value is -1.61. The summed E-state index contributed by atoms with van der Waals surface area (Å²) >= 11 is 5.71. The molecule has 2 aromatic rings. The van der Waals surface area contributed by atoms with Gasteiger partial charge in [0, 0.05) is 12.3 Å². The lowest BCUT2D eigenvalue weighted by atomic mass is 9.98. The molecule has 0 unspecified atom stereocenters. The van der Waals surface area contributed by atoms with Crippen molar-refractivity contribution in [2.24, 2.45) is 0 Å². The van der Waals surface area contributed by atoms with Gasteiger partial charge in [-0.2, -0.15) is 4.98 Å². The van der Waals surface area contributed by atoms with Crippen LogP contribution in [-0.4, -0.2) is 9.97 Å². The number of rotatable bonds is 3. The predicted octanol–water partition coefficient (Wildman–Crippen LogP) is 4.35. The van der Waals surface area contributed by atoms with Gasteiger partial charge in [0.1, 0.15) is 5.75 Å². The molecule has 0 aliphatic carbocycles. The molecule has 4 heteroatoms. The predicted molar refractivity (Wildman–Crippen MR) is 72.4 cm³/mol. The smallest absolute Gasteiger partial charge is 0.225 e. The lowest BCUT2D eigenvalue weighted by Crippen LogP contribution is -1.94. The van der Waals surface area contributed by atoms with E-state index in [4.69, 9.17) is 16.3 Å². The number of nitrogens with zero attached hydrogens (tertiary/aromatic N) is 2. The van der Waals surface area contributed by atoms with Gasteiger partial charge in [-0.1, -0.05) is 19.9 Å². The van der Waals surface area contributed by atoms with E-state index in [1.54, 1.807) is 12.3 Å². The second-order valence-electron chi connectivity index (χ2n) is 4.44. The van der Waals surface area contributed by atoms with Crippen LogP contribution in [0.25, 0.3) is 0 Å². The van der Waals surface area contributed by atoms with Gasteiger partial charge < -0.3 is 4.74 Å². The molecule has 0 aliphatic heterocycles. The third-order valence-electron chi connectivity index (χ3n) is 2.69. The van der Waals surface area contributed by atoms with Crippen molar-refractivity contribution in [2.75, 3.05) is 0 Å². The zero-order chi connectivity index (χ0) is 13.1. The minimum Gasteiger partial charge on any atom is -0.439 e. The van der Waals surface area contributed by atoms with Crippen LogP contribution in [0.15, 0.2) is 30.5 Å². The second kappa shape index (κ2) is 5.36. The number of hydrogen-bond acceptors (Lipinski definition) is 3. The van der Waals surface area contributed by atoms with Gasteiger partial charge >= 0.3 is 0 Å². The maximum Gasteiger partial charge on any atom is 0.225 e. The molecular formula is C14H15ClN2O. The second-order valence-corrected chi connectivity index (χ2v) is 4.78. The molecule has 2 rings (SSSR count). The summed E-state index contributed by atoms with van der Waals surface area (Å²) in [5.74, 6) is 1.71. The maximum absolute atomic E-state index is 5.71. The van der Waals surface area contributed by atoms with Crippen molar-refractivity contribution in [3.05, 3.63) is 46.9 Å². The van der Waals surface area contributed by atoms with E-state index in [1.165, 1.54) is 11.1 Å². The summed E-state index contributed by atoms with van der Waals surface area (Å²) in [6.07, 6.45) is 1.57. The van der Waals surface area contributed by atoms with Crippen LogP contribution in [0.4, 0.5) is 0 Å². The number of aryl methyl sites for hydroxylation is 1. The molecule has 1 heterocycles. The fourth-order valence-corrected chi connectivity index (χ4v) is 2.00. The number of ether oxygens (including phenoxy) is 1. The van der Waals surface area contributed by atoms with Crippen molar-refractivity contribution in [3.63, 3.8) is 0 Å². The van der Waals surface area contributed by atoms with E-state index in [-0.39, 0.29) is 5.28 Å². The van der Waals surface area contributed by atoms with Crippen LogP contribution in [0.2, 0.25) is 5.28 Å². The molecule has 0 radical (unpaired) electrons. The molecule has 1 aromatic heterocycles. The van der Waals surface area contributed by atoms with E-state index in [2.05, 4.69) is 36.8 Å². The van der Waals surface area contributed by atoms with E-state index in [0.29, 0.717) is 11.8 Å². The Morgan fingerprint density at radius 2 is 2.00 bits per heavy atom. The minimum atomic E-state index is 0.183. The summed E-state index contributed by atoms with van der Waals surface area (Å²) in [7, 11) is 0. The van der Waals surface area contributed by atoms with Gasteiger partial charge in [-0.25, -0.2) is 4.98 Å². The molecule has 1 aromatic carbocycles. The van der Waals surface area contributed by atoms with E-state index in [1.807, 2.05) is 12.1 Å². The van der Waals surface area contributed by atoms with Crippen LogP contribution in [-0.2, 0) is 0 Å². The van der Waals surface area contributed by atoms with Crippen LogP contribution >= 0.6 is 11.6 Å². The zero-order valence-corrected chi connectivity index (χ0v) is 11.4. The number of hydrogen-bond donors (Lipinski definition) is 0. The zero-order valence-electron chi connectivity index (χ0n) is 10.6. The van der Waals surface area contributed by atoms with Gasteiger partial charge in [-0.15, -0.1) is 0 Å². The summed E-state index contributed by atoms with van der Waals surface area (Å²) in [5, 5.41) is 0.183. The molecule has 3 nitrogen and oxygen atoms in total. The first-order valence-electron chi connectivity index (χ1n) is 5.83. The van der Waals surface area contributed by atoms with Crippen molar-refractivity contribution in [1.82, 2.24) is 9.97 Å². The van der Waals surface area contributed by atoms with Crippen molar-refractivity contribution in [3.8, 4) is 11.6 Å². The highest BCUT2D eigenvalue weighted by atomic mass is 35.5. The molecule has 0 N–H and O–H groups in total. The average Bonchev–Trinajstić information content (AvgIpc) is 2.28. The summed E-state index contributed by atoms with van der Waals surface area (Å²) in [6, 6.07) is 7.71. The first-order chi connectivity index (χ1) is 8.56. The van der Waals surface area contributed by atoms with Crippen molar-refractivity contribution < 1.29 is 4.74 Å². The summed E-state index contributed by atoms with van der Waals surface area (Å²) in [4.78, 5) is 7.80. The van der Waals surface area contributed by atoms with Crippen LogP contribution in [0.5, 0.6) is 11.6 Å². The van der Waals surface area contributed by atoms with Crippen LogP contribution in [0.3, 0.4) is 0 Å². The van der Waals surface area contributed by atoms with E-state index in [0.717, 1.165) is 5.75 Å². The Morgan fingerprint density at radius 1 is 1.22 bits per heavy atom. The lowest BCUT2D eigenvalue weighted by Gasteiger charge is -2.11. The number of halogens is 1. The van der Waals surface area contributed by atoms with Gasteiger partial charge in [0.25, 0.3) is 0 Å². The molecule has 0 aliphatic rings. The average molecular weight is 263 g/mol. The lowest BCUT2D eigenvalue weighted by molar-refractivity contribution is 0.461. The van der Waals surface area contributed by atoms with Crippen LogP contribution in [0, 0.1) is 6.92 Å². The van der Waals surface area contributed by atoms with Gasteiger partial charge in [0.05, 0.1) is 0 Å². The Balaban J connectivity index is 2.23. The largest absolute Gasteiger partial charge is 0.439 e. The first-order valence-corrected chi connectivity index (χ1v) is 6.21. The first kappa shape index (κ1) is 12.8. The van der Waals surface area contributed by atoms with Crippen molar-refractivity contribution in [2.45, 2.75) is 26.7 Å². The highest BCUT2D eigenvalue weighted by Gasteiger charge is 2.06. The molecule has 0 amide bonds. The normalized spacial score (nSPS) is 10.7. The Kier molecular flexibility index (Phi) is 3.82. The quantitative estimate of drug-likeness (QED) is 0.771. The molecule has 0 bridgehead atoms. The Bertz CT molecular complexity index is 555. The fraction of sp³-hybridized carbons (Fsp3) is 0.286. The summed E-state index contributed by atoms with van der Waals surface area (Å²) in [5.41, 5.74) is 2.53. The molecule has 94 valence electrons. The molecule has 0 spiro atoms. The number of aromatic nitrogens is 2. The molecule has 0 atom stereocenters. The van der Waals surface area contributed by atoms with Crippen LogP contribution in [0.1, 0.15) is 30.9 Å².